The molecule has 0 spiro atoms. The summed E-state index contributed by atoms with van der Waals surface area (Å²) in [6.45, 7) is 1.49. The van der Waals surface area contributed by atoms with Crippen molar-refractivity contribution in [1.29, 1.82) is 0 Å². The maximum Gasteiger partial charge on any atom is 0.276 e. The minimum Gasteiger partial charge on any atom is -0.366 e. The van der Waals surface area contributed by atoms with E-state index in [-0.39, 0.29) is 17.4 Å². The Hall–Kier alpha value is -2.76. The molecule has 1 aliphatic carbocycles. The number of ketones is 1. The van der Waals surface area contributed by atoms with Gasteiger partial charge in [-0.15, -0.1) is 10.2 Å². The second kappa shape index (κ2) is 7.88. The lowest BCUT2D eigenvalue weighted by Gasteiger charge is -2.22. The zero-order valence-electron chi connectivity index (χ0n) is 14.3. The lowest BCUT2D eigenvalue weighted by atomic mass is 9.95. The molecule has 1 saturated carbocycles. The molecule has 3 rings (SSSR count). The lowest BCUT2D eigenvalue weighted by Crippen LogP contribution is -2.23. The van der Waals surface area contributed by atoms with Crippen molar-refractivity contribution in [2.75, 3.05) is 10.6 Å². The molecule has 1 fully saturated rings. The van der Waals surface area contributed by atoms with Crippen LogP contribution in [0.15, 0.2) is 36.4 Å². The zero-order chi connectivity index (χ0) is 17.6. The molecule has 6 nitrogen and oxygen atoms in total. The van der Waals surface area contributed by atoms with Gasteiger partial charge in [0.2, 0.25) is 0 Å². The van der Waals surface area contributed by atoms with Gasteiger partial charge in [0.25, 0.3) is 5.91 Å². The molecule has 0 radical (unpaired) electrons. The van der Waals surface area contributed by atoms with Crippen molar-refractivity contribution in [3.63, 3.8) is 0 Å². The maximum atomic E-state index is 12.3. The molecule has 0 bridgehead atoms. The number of Topliss-reactive ketones (excluding diaryl/α,β-unsaturated/α-hetero) is 1. The number of carbonyl (C=O) groups excluding carboxylic acids is 2. The molecule has 1 aromatic carbocycles. The average Bonchev–Trinajstić information content (AvgIpc) is 2.63. The smallest absolute Gasteiger partial charge is 0.276 e. The second-order valence-corrected chi connectivity index (χ2v) is 6.37. The molecule has 1 aliphatic rings. The molecular formula is C19H22N4O2. The van der Waals surface area contributed by atoms with Crippen LogP contribution in [0.25, 0.3) is 0 Å². The van der Waals surface area contributed by atoms with E-state index in [2.05, 4.69) is 20.8 Å². The monoisotopic (exact) mass is 338 g/mol. The van der Waals surface area contributed by atoms with Crippen molar-refractivity contribution in [2.24, 2.45) is 0 Å². The number of hydrogen-bond donors (Lipinski definition) is 2. The molecule has 0 atom stereocenters. The minimum absolute atomic E-state index is 0.0472. The van der Waals surface area contributed by atoms with Crippen LogP contribution in [-0.4, -0.2) is 27.9 Å². The molecule has 25 heavy (non-hydrogen) atoms. The molecule has 6 heteroatoms. The van der Waals surface area contributed by atoms with E-state index in [9.17, 15) is 9.59 Å². The number of rotatable bonds is 5. The third-order valence-electron chi connectivity index (χ3n) is 4.38. The van der Waals surface area contributed by atoms with Crippen molar-refractivity contribution >= 4 is 23.2 Å². The van der Waals surface area contributed by atoms with Crippen LogP contribution in [0.5, 0.6) is 0 Å². The summed E-state index contributed by atoms with van der Waals surface area (Å²) in [5.74, 6) is 0.300. The number of nitrogens with zero attached hydrogens (tertiary/aromatic N) is 2. The summed E-state index contributed by atoms with van der Waals surface area (Å²) in [5, 5.41) is 14.2. The van der Waals surface area contributed by atoms with E-state index >= 15 is 0 Å². The minimum atomic E-state index is -0.350. The van der Waals surface area contributed by atoms with Crippen molar-refractivity contribution < 1.29 is 9.59 Å². The Morgan fingerprint density at radius 3 is 2.52 bits per heavy atom. The van der Waals surface area contributed by atoms with Gasteiger partial charge in [0.15, 0.2) is 11.5 Å². The standard InChI is InChI=1S/C19H22N4O2/c1-13(24)14-6-5-9-16(12-14)21-19(25)17-10-11-18(23-22-17)20-15-7-3-2-4-8-15/h5-6,9-12,15H,2-4,7-8H2,1H3,(H,20,23)(H,21,25). The molecule has 2 aromatic rings. The summed E-state index contributed by atoms with van der Waals surface area (Å²) in [6.07, 6.45) is 6.08. The Balaban J connectivity index is 1.62. The van der Waals surface area contributed by atoms with E-state index in [1.165, 1.54) is 26.2 Å². The van der Waals surface area contributed by atoms with Crippen LogP contribution in [0.4, 0.5) is 11.5 Å². The number of benzene rings is 1. The summed E-state index contributed by atoms with van der Waals surface area (Å²) in [7, 11) is 0. The number of amides is 1. The predicted octanol–water partition coefficient (Wildman–Crippen LogP) is 3.68. The van der Waals surface area contributed by atoms with Crippen LogP contribution in [0.1, 0.15) is 59.9 Å². The number of hydrogen-bond acceptors (Lipinski definition) is 5. The fraction of sp³-hybridized carbons (Fsp3) is 0.368. The van der Waals surface area contributed by atoms with Gasteiger partial charge in [-0.25, -0.2) is 0 Å². The molecule has 1 amide bonds. The maximum absolute atomic E-state index is 12.3. The topological polar surface area (TPSA) is 84.0 Å². The van der Waals surface area contributed by atoms with Gasteiger partial charge >= 0.3 is 0 Å². The summed E-state index contributed by atoms with van der Waals surface area (Å²) in [4.78, 5) is 23.7. The van der Waals surface area contributed by atoms with E-state index < -0.39 is 0 Å². The Labute approximate surface area is 147 Å². The number of nitrogens with one attached hydrogen (secondary N) is 2. The first-order chi connectivity index (χ1) is 12.1. The molecule has 0 saturated heterocycles. The van der Waals surface area contributed by atoms with Crippen molar-refractivity contribution in [3.8, 4) is 0 Å². The van der Waals surface area contributed by atoms with E-state index in [0.29, 0.717) is 23.1 Å². The number of carbonyl (C=O) groups is 2. The van der Waals surface area contributed by atoms with Gasteiger partial charge in [-0.1, -0.05) is 31.4 Å². The molecule has 130 valence electrons. The van der Waals surface area contributed by atoms with E-state index in [1.807, 2.05) is 0 Å². The Kier molecular flexibility index (Phi) is 5.38. The first-order valence-electron chi connectivity index (χ1n) is 8.64. The Morgan fingerprint density at radius 2 is 1.84 bits per heavy atom. The van der Waals surface area contributed by atoms with Gasteiger partial charge in [0, 0.05) is 17.3 Å². The van der Waals surface area contributed by atoms with Crippen LogP contribution >= 0.6 is 0 Å². The fourth-order valence-electron chi connectivity index (χ4n) is 3.00. The second-order valence-electron chi connectivity index (χ2n) is 6.37. The first kappa shape index (κ1) is 17.1. The largest absolute Gasteiger partial charge is 0.366 e. The molecular weight excluding hydrogens is 316 g/mol. The molecule has 0 aliphatic heterocycles. The molecule has 1 aromatic heterocycles. The normalized spacial score (nSPS) is 14.8. The summed E-state index contributed by atoms with van der Waals surface area (Å²) >= 11 is 0. The highest BCUT2D eigenvalue weighted by molar-refractivity contribution is 6.03. The van der Waals surface area contributed by atoms with Gasteiger partial charge in [-0.2, -0.15) is 0 Å². The van der Waals surface area contributed by atoms with Gasteiger partial charge in [-0.05, 0) is 44.0 Å². The van der Waals surface area contributed by atoms with E-state index in [0.717, 1.165) is 12.8 Å². The van der Waals surface area contributed by atoms with Crippen LogP contribution < -0.4 is 10.6 Å². The molecule has 1 heterocycles. The van der Waals surface area contributed by atoms with Gasteiger partial charge < -0.3 is 10.6 Å². The van der Waals surface area contributed by atoms with Crippen molar-refractivity contribution in [2.45, 2.75) is 45.1 Å². The predicted molar refractivity (Wildman–Crippen MR) is 96.9 cm³/mol. The third-order valence-corrected chi connectivity index (χ3v) is 4.38. The van der Waals surface area contributed by atoms with Crippen LogP contribution in [0, 0.1) is 0 Å². The zero-order valence-corrected chi connectivity index (χ0v) is 14.3. The summed E-state index contributed by atoms with van der Waals surface area (Å²) < 4.78 is 0. The first-order valence-corrected chi connectivity index (χ1v) is 8.64. The van der Waals surface area contributed by atoms with Gasteiger partial charge in [0.05, 0.1) is 0 Å². The van der Waals surface area contributed by atoms with Crippen LogP contribution in [0.2, 0.25) is 0 Å². The summed E-state index contributed by atoms with van der Waals surface area (Å²) in [5.41, 5.74) is 1.35. The van der Waals surface area contributed by atoms with Gasteiger partial charge in [-0.3, -0.25) is 9.59 Å². The highest BCUT2D eigenvalue weighted by Gasteiger charge is 2.14. The number of anilines is 2. The lowest BCUT2D eigenvalue weighted by molar-refractivity contribution is 0.100. The van der Waals surface area contributed by atoms with Crippen LogP contribution in [-0.2, 0) is 0 Å². The molecule has 2 N–H and O–H groups in total. The van der Waals surface area contributed by atoms with Crippen molar-refractivity contribution in [3.05, 3.63) is 47.7 Å². The number of aromatic nitrogens is 2. The molecule has 0 unspecified atom stereocenters. The highest BCUT2D eigenvalue weighted by Crippen LogP contribution is 2.20. The van der Waals surface area contributed by atoms with Gasteiger partial charge in [0.1, 0.15) is 5.82 Å². The average molecular weight is 338 g/mol. The van der Waals surface area contributed by atoms with Crippen LogP contribution in [0.3, 0.4) is 0 Å². The van der Waals surface area contributed by atoms with Crippen molar-refractivity contribution in [1.82, 2.24) is 10.2 Å². The third kappa shape index (κ3) is 4.62. The van der Waals surface area contributed by atoms with E-state index in [1.54, 1.807) is 36.4 Å². The Morgan fingerprint density at radius 1 is 1.04 bits per heavy atom. The highest BCUT2D eigenvalue weighted by atomic mass is 16.2. The summed E-state index contributed by atoms with van der Waals surface area (Å²) in [6, 6.07) is 10.7. The fourth-order valence-corrected chi connectivity index (χ4v) is 3.00. The van der Waals surface area contributed by atoms with E-state index in [4.69, 9.17) is 0 Å². The SMILES string of the molecule is CC(=O)c1cccc(NC(=O)c2ccc(NC3CCCCC3)nn2)c1. The quantitative estimate of drug-likeness (QED) is 0.813. The Bertz CT molecular complexity index is 752.